The number of aromatic nitrogens is 1. The third kappa shape index (κ3) is 2.52. The van der Waals surface area contributed by atoms with E-state index in [4.69, 9.17) is 22.1 Å². The Balaban J connectivity index is 2.18. The Labute approximate surface area is 115 Å². The summed E-state index contributed by atoms with van der Waals surface area (Å²) >= 11 is 7.51. The summed E-state index contributed by atoms with van der Waals surface area (Å²) in [5.41, 5.74) is 7.59. The Bertz CT molecular complexity index is 556. The lowest BCUT2D eigenvalue weighted by Crippen LogP contribution is -2.02. The third-order valence-corrected chi connectivity index (χ3v) is 3.96. The minimum absolute atomic E-state index is 0.564. The molecule has 18 heavy (non-hydrogen) atoms. The fourth-order valence-electron chi connectivity index (χ4n) is 1.58. The highest BCUT2D eigenvalue weighted by atomic mass is 35.5. The van der Waals surface area contributed by atoms with Crippen molar-refractivity contribution >= 4 is 34.0 Å². The Kier molecular flexibility index (Phi) is 3.93. The number of nitrogens with two attached hydrogens (primary N) is 1. The first kappa shape index (κ1) is 13.0. The lowest BCUT2D eigenvalue weighted by molar-refractivity contribution is 0.410. The molecule has 0 spiro atoms. The lowest BCUT2D eigenvalue weighted by Gasteiger charge is -2.11. The van der Waals surface area contributed by atoms with E-state index in [1.54, 1.807) is 7.11 Å². The van der Waals surface area contributed by atoms with Crippen LogP contribution in [0.5, 0.6) is 5.75 Å². The van der Waals surface area contributed by atoms with Crippen LogP contribution in [-0.4, -0.2) is 11.5 Å². The van der Waals surface area contributed by atoms with Crippen molar-refractivity contribution in [3.8, 4) is 5.75 Å². The zero-order valence-electron chi connectivity index (χ0n) is 10.2. The number of methoxy groups -OCH3 is 1. The van der Waals surface area contributed by atoms with Crippen LogP contribution in [0.3, 0.4) is 0 Å². The van der Waals surface area contributed by atoms with Crippen molar-refractivity contribution in [2.45, 2.75) is 13.5 Å². The SMILES string of the molecule is COc1cccc(Cl)c1CNc1snc(N)c1C. The second-order valence-electron chi connectivity index (χ2n) is 3.80. The molecule has 0 aliphatic rings. The molecule has 1 aromatic carbocycles. The predicted molar refractivity (Wildman–Crippen MR) is 76.6 cm³/mol. The average molecular weight is 284 g/mol. The minimum atomic E-state index is 0.564. The zero-order chi connectivity index (χ0) is 13.1. The molecule has 96 valence electrons. The molecular formula is C12H14ClN3OS. The molecule has 3 N–H and O–H groups in total. The molecule has 0 fully saturated rings. The Morgan fingerprint density at radius 2 is 2.28 bits per heavy atom. The Morgan fingerprint density at radius 3 is 2.89 bits per heavy atom. The summed E-state index contributed by atoms with van der Waals surface area (Å²) < 4.78 is 9.37. The van der Waals surface area contributed by atoms with Crippen molar-refractivity contribution in [2.75, 3.05) is 18.2 Å². The van der Waals surface area contributed by atoms with E-state index in [9.17, 15) is 0 Å². The van der Waals surface area contributed by atoms with E-state index in [0.29, 0.717) is 17.4 Å². The van der Waals surface area contributed by atoms with Crippen molar-refractivity contribution in [3.63, 3.8) is 0 Å². The number of rotatable bonds is 4. The number of hydrogen-bond donors (Lipinski definition) is 2. The summed E-state index contributed by atoms with van der Waals surface area (Å²) in [7, 11) is 1.63. The maximum atomic E-state index is 6.16. The van der Waals surface area contributed by atoms with E-state index >= 15 is 0 Å². The Morgan fingerprint density at radius 1 is 1.50 bits per heavy atom. The maximum Gasteiger partial charge on any atom is 0.142 e. The smallest absolute Gasteiger partial charge is 0.142 e. The molecule has 0 saturated heterocycles. The van der Waals surface area contributed by atoms with E-state index in [2.05, 4.69) is 9.69 Å². The molecule has 1 aromatic heterocycles. The van der Waals surface area contributed by atoms with Gasteiger partial charge in [0.15, 0.2) is 0 Å². The molecule has 0 atom stereocenters. The van der Waals surface area contributed by atoms with Gasteiger partial charge < -0.3 is 15.8 Å². The number of anilines is 2. The van der Waals surface area contributed by atoms with Gasteiger partial charge in [0.05, 0.1) is 7.11 Å². The quantitative estimate of drug-likeness (QED) is 0.904. The van der Waals surface area contributed by atoms with Crippen molar-refractivity contribution in [1.29, 1.82) is 0 Å². The molecule has 0 unspecified atom stereocenters. The zero-order valence-corrected chi connectivity index (χ0v) is 11.7. The number of nitrogens with one attached hydrogen (secondary N) is 1. The van der Waals surface area contributed by atoms with Crippen LogP contribution in [0.25, 0.3) is 0 Å². The van der Waals surface area contributed by atoms with E-state index in [1.165, 1.54) is 11.5 Å². The lowest BCUT2D eigenvalue weighted by atomic mass is 10.2. The van der Waals surface area contributed by atoms with Crippen LogP contribution in [0.4, 0.5) is 10.8 Å². The third-order valence-electron chi connectivity index (χ3n) is 2.68. The summed E-state index contributed by atoms with van der Waals surface area (Å²) in [4.78, 5) is 0. The molecule has 0 aliphatic heterocycles. The number of benzene rings is 1. The van der Waals surface area contributed by atoms with Gasteiger partial charge in [0.2, 0.25) is 0 Å². The molecule has 0 aliphatic carbocycles. The van der Waals surface area contributed by atoms with Crippen LogP contribution in [0.2, 0.25) is 5.02 Å². The van der Waals surface area contributed by atoms with Crippen LogP contribution >= 0.6 is 23.1 Å². The summed E-state index contributed by atoms with van der Waals surface area (Å²) in [5, 5.41) is 4.91. The highest BCUT2D eigenvalue weighted by Crippen LogP contribution is 2.30. The molecule has 2 rings (SSSR count). The second-order valence-corrected chi connectivity index (χ2v) is 4.98. The largest absolute Gasteiger partial charge is 0.496 e. The summed E-state index contributed by atoms with van der Waals surface area (Å²) in [6, 6.07) is 5.59. The van der Waals surface area contributed by atoms with Crippen molar-refractivity contribution in [2.24, 2.45) is 0 Å². The van der Waals surface area contributed by atoms with Crippen molar-refractivity contribution in [3.05, 3.63) is 34.3 Å². The fourth-order valence-corrected chi connectivity index (χ4v) is 2.52. The maximum absolute atomic E-state index is 6.16. The molecule has 2 aromatic rings. The summed E-state index contributed by atoms with van der Waals surface area (Å²) in [6.45, 7) is 2.51. The minimum Gasteiger partial charge on any atom is -0.496 e. The molecule has 1 heterocycles. The molecule has 0 radical (unpaired) electrons. The van der Waals surface area contributed by atoms with Crippen molar-refractivity contribution < 1.29 is 4.74 Å². The second kappa shape index (κ2) is 5.46. The molecule has 0 saturated carbocycles. The molecule has 6 heteroatoms. The fraction of sp³-hybridized carbons (Fsp3) is 0.250. The first-order valence-corrected chi connectivity index (χ1v) is 6.55. The highest BCUT2D eigenvalue weighted by Gasteiger charge is 2.10. The molecule has 4 nitrogen and oxygen atoms in total. The number of halogens is 1. The van der Waals surface area contributed by atoms with Gasteiger partial charge in [-0.15, -0.1) is 0 Å². The van der Waals surface area contributed by atoms with E-state index < -0.39 is 0 Å². The van der Waals surface area contributed by atoms with Crippen LogP contribution in [-0.2, 0) is 6.54 Å². The summed E-state index contributed by atoms with van der Waals surface area (Å²) in [5.74, 6) is 1.33. The van der Waals surface area contributed by atoms with Crippen LogP contribution in [0.1, 0.15) is 11.1 Å². The van der Waals surface area contributed by atoms with Gasteiger partial charge in [0.25, 0.3) is 0 Å². The number of hydrogen-bond acceptors (Lipinski definition) is 5. The van der Waals surface area contributed by atoms with Gasteiger partial charge in [-0.1, -0.05) is 17.7 Å². The average Bonchev–Trinajstić information content (AvgIpc) is 2.68. The number of nitrogen functional groups attached to an aromatic ring is 1. The van der Waals surface area contributed by atoms with E-state index in [1.807, 2.05) is 25.1 Å². The first-order valence-electron chi connectivity index (χ1n) is 5.40. The standard InChI is InChI=1S/C12H14ClN3OS/c1-7-11(14)16-18-12(7)15-6-8-9(13)4-3-5-10(8)17-2/h3-5,15H,6H2,1-2H3,(H2,14,16). The van der Waals surface area contributed by atoms with Gasteiger partial charge in [0, 0.05) is 22.7 Å². The van der Waals surface area contributed by atoms with Gasteiger partial charge in [-0.3, -0.25) is 0 Å². The van der Waals surface area contributed by atoms with E-state index in [0.717, 1.165) is 21.9 Å². The molecule has 0 amide bonds. The van der Waals surface area contributed by atoms with Gasteiger partial charge in [-0.05, 0) is 30.6 Å². The number of ether oxygens (including phenoxy) is 1. The molecule has 0 bridgehead atoms. The Hall–Kier alpha value is -1.46. The van der Waals surface area contributed by atoms with Gasteiger partial charge in [-0.25, -0.2) is 0 Å². The van der Waals surface area contributed by atoms with Crippen molar-refractivity contribution in [1.82, 2.24) is 4.37 Å². The van der Waals surface area contributed by atoms with Gasteiger partial charge >= 0.3 is 0 Å². The van der Waals surface area contributed by atoms with Crippen LogP contribution in [0, 0.1) is 6.92 Å². The van der Waals surface area contributed by atoms with E-state index in [-0.39, 0.29) is 0 Å². The van der Waals surface area contributed by atoms with Gasteiger partial charge in [0.1, 0.15) is 16.6 Å². The normalized spacial score (nSPS) is 10.4. The van der Waals surface area contributed by atoms with Crippen LogP contribution in [0.15, 0.2) is 18.2 Å². The number of nitrogens with zero attached hydrogens (tertiary/aromatic N) is 1. The monoisotopic (exact) mass is 283 g/mol. The molecular weight excluding hydrogens is 270 g/mol. The van der Waals surface area contributed by atoms with Crippen LogP contribution < -0.4 is 15.8 Å². The topological polar surface area (TPSA) is 60.2 Å². The first-order chi connectivity index (χ1) is 8.63. The highest BCUT2D eigenvalue weighted by molar-refractivity contribution is 7.10. The summed E-state index contributed by atoms with van der Waals surface area (Å²) in [6.07, 6.45) is 0. The predicted octanol–water partition coefficient (Wildman–Crippen LogP) is 3.31. The van der Waals surface area contributed by atoms with Gasteiger partial charge in [-0.2, -0.15) is 4.37 Å².